The first-order valence-electron chi connectivity index (χ1n) is 8.46. The lowest BCUT2D eigenvalue weighted by molar-refractivity contribution is -0.306. The van der Waals surface area contributed by atoms with Crippen molar-refractivity contribution in [3.8, 4) is 0 Å². The fourth-order valence-corrected chi connectivity index (χ4v) is 1.84. The van der Waals surface area contributed by atoms with Crippen molar-refractivity contribution >= 4 is 18.0 Å². The van der Waals surface area contributed by atoms with E-state index in [-0.39, 0.29) is 18.4 Å². The van der Waals surface area contributed by atoms with Crippen LogP contribution in [0.2, 0.25) is 0 Å². The summed E-state index contributed by atoms with van der Waals surface area (Å²) in [6, 6.07) is -1.18. The molecule has 0 rings (SSSR count). The lowest BCUT2D eigenvalue weighted by Gasteiger charge is -2.29. The van der Waals surface area contributed by atoms with E-state index in [0.29, 0.717) is 12.8 Å². The molecule has 3 N–H and O–H groups in total. The SMILES string of the molecule is C=CCC(N)CC(=O)[O-].CC(C)C[C@@H](C(=O)O)N(C)C(=O)OC(C)(C)C. The highest BCUT2D eigenvalue weighted by atomic mass is 16.6. The molecule has 0 saturated carbocycles. The summed E-state index contributed by atoms with van der Waals surface area (Å²) >= 11 is 0. The molecule has 0 aliphatic heterocycles. The van der Waals surface area contributed by atoms with Crippen LogP contribution in [0.15, 0.2) is 12.7 Å². The normalized spacial score (nSPS) is 13.1. The van der Waals surface area contributed by atoms with E-state index in [9.17, 15) is 19.5 Å². The quantitative estimate of drug-likeness (QED) is 0.614. The minimum absolute atomic E-state index is 0.0913. The summed E-state index contributed by atoms with van der Waals surface area (Å²) in [4.78, 5) is 33.8. The van der Waals surface area contributed by atoms with E-state index in [4.69, 9.17) is 15.6 Å². The second-order valence-electron chi connectivity index (χ2n) is 7.44. The zero-order valence-electron chi connectivity index (χ0n) is 16.7. The van der Waals surface area contributed by atoms with E-state index in [0.717, 1.165) is 4.90 Å². The second kappa shape index (κ2) is 12.3. The van der Waals surface area contributed by atoms with Crippen LogP contribution in [-0.2, 0) is 14.3 Å². The molecule has 2 atom stereocenters. The molecule has 0 heterocycles. The molecule has 26 heavy (non-hydrogen) atoms. The van der Waals surface area contributed by atoms with Gasteiger partial charge in [-0.15, -0.1) is 6.58 Å². The van der Waals surface area contributed by atoms with Crippen LogP contribution in [0.4, 0.5) is 4.79 Å². The van der Waals surface area contributed by atoms with Gasteiger partial charge in [-0.2, -0.15) is 0 Å². The Bertz CT molecular complexity index is 471. The standard InChI is InChI=1S/C12H23NO4.C6H11NO2/c1-8(2)7-9(10(14)15)13(6)11(16)17-12(3,4)5;1-2-3-5(7)4-6(8)9/h8-9H,7H2,1-6H3,(H,14,15);2,5H,1,3-4,7H2,(H,8,9)/p-1/t9-;/m0./s1. The Morgan fingerprint density at radius 1 is 1.31 bits per heavy atom. The van der Waals surface area contributed by atoms with Gasteiger partial charge in [-0.25, -0.2) is 9.59 Å². The van der Waals surface area contributed by atoms with Crippen LogP contribution in [-0.4, -0.2) is 52.8 Å². The maximum Gasteiger partial charge on any atom is 0.410 e. The van der Waals surface area contributed by atoms with Gasteiger partial charge in [0.15, 0.2) is 0 Å². The average Bonchev–Trinajstić information content (AvgIpc) is 2.41. The minimum Gasteiger partial charge on any atom is -0.550 e. The molecule has 8 nitrogen and oxygen atoms in total. The number of carboxylic acids is 2. The first-order valence-corrected chi connectivity index (χ1v) is 8.46. The van der Waals surface area contributed by atoms with Crippen molar-refractivity contribution < 1.29 is 29.3 Å². The Hall–Kier alpha value is -2.09. The van der Waals surface area contributed by atoms with Gasteiger partial charge in [0.05, 0.1) is 0 Å². The third-order valence-corrected chi connectivity index (χ3v) is 3.03. The first-order chi connectivity index (χ1) is 11.7. The number of carbonyl (C=O) groups excluding carboxylic acids is 2. The maximum absolute atomic E-state index is 11.7. The largest absolute Gasteiger partial charge is 0.550 e. The van der Waals surface area contributed by atoms with Gasteiger partial charge in [-0.3, -0.25) is 4.90 Å². The van der Waals surface area contributed by atoms with Crippen LogP contribution in [0.25, 0.3) is 0 Å². The van der Waals surface area contributed by atoms with E-state index >= 15 is 0 Å². The summed E-state index contributed by atoms with van der Waals surface area (Å²) in [6.07, 6.45) is 1.82. The molecule has 0 fully saturated rings. The molecule has 0 bridgehead atoms. The van der Waals surface area contributed by atoms with Crippen molar-refractivity contribution in [1.29, 1.82) is 0 Å². The molecule has 0 aromatic heterocycles. The van der Waals surface area contributed by atoms with Crippen LogP contribution in [0.5, 0.6) is 0 Å². The summed E-state index contributed by atoms with van der Waals surface area (Å²) in [5, 5.41) is 18.9. The number of ether oxygens (including phenoxy) is 1. The monoisotopic (exact) mass is 373 g/mol. The molecule has 1 amide bonds. The predicted octanol–water partition coefficient (Wildman–Crippen LogP) is 1.38. The van der Waals surface area contributed by atoms with E-state index in [2.05, 4.69) is 6.58 Å². The first kappa shape index (κ1) is 26.1. The molecular weight excluding hydrogens is 340 g/mol. The fraction of sp³-hybridized carbons (Fsp3) is 0.722. The number of nitrogens with zero attached hydrogens (tertiary/aromatic N) is 1. The summed E-state index contributed by atoms with van der Waals surface area (Å²) in [7, 11) is 1.45. The Balaban J connectivity index is 0. The number of hydrogen-bond acceptors (Lipinski definition) is 6. The Labute approximate surface area is 156 Å². The Morgan fingerprint density at radius 2 is 1.81 bits per heavy atom. The highest BCUT2D eigenvalue weighted by molar-refractivity contribution is 5.80. The van der Waals surface area contributed by atoms with Crippen LogP contribution >= 0.6 is 0 Å². The zero-order chi connectivity index (χ0) is 21.1. The molecule has 0 aromatic carbocycles. The van der Waals surface area contributed by atoms with Crippen LogP contribution in [0.1, 0.15) is 53.9 Å². The van der Waals surface area contributed by atoms with Gasteiger partial charge in [0.1, 0.15) is 11.6 Å². The molecule has 0 aliphatic rings. The summed E-state index contributed by atoms with van der Waals surface area (Å²) in [5.74, 6) is -1.92. The summed E-state index contributed by atoms with van der Waals surface area (Å²) in [6.45, 7) is 12.5. The number of likely N-dealkylation sites (N-methyl/N-ethyl adjacent to an activating group) is 1. The molecule has 152 valence electrons. The third-order valence-electron chi connectivity index (χ3n) is 3.03. The van der Waals surface area contributed by atoms with Crippen molar-refractivity contribution in [1.82, 2.24) is 4.90 Å². The van der Waals surface area contributed by atoms with Gasteiger partial charge in [0.25, 0.3) is 0 Å². The van der Waals surface area contributed by atoms with E-state index < -0.39 is 29.7 Å². The molecule has 0 aliphatic carbocycles. The van der Waals surface area contributed by atoms with Crippen molar-refractivity contribution in [2.24, 2.45) is 11.7 Å². The Kier molecular flexibility index (Phi) is 12.4. The van der Waals surface area contributed by atoms with Crippen LogP contribution in [0, 0.1) is 5.92 Å². The predicted molar refractivity (Wildman–Crippen MR) is 97.3 cm³/mol. The lowest BCUT2D eigenvalue weighted by Crippen LogP contribution is -2.45. The van der Waals surface area contributed by atoms with Crippen molar-refractivity contribution in [3.05, 3.63) is 12.7 Å². The highest BCUT2D eigenvalue weighted by Gasteiger charge is 2.30. The van der Waals surface area contributed by atoms with Gasteiger partial charge in [-0.05, 0) is 39.5 Å². The van der Waals surface area contributed by atoms with Gasteiger partial charge in [0.2, 0.25) is 0 Å². The van der Waals surface area contributed by atoms with Crippen molar-refractivity contribution in [3.63, 3.8) is 0 Å². The molecule has 1 unspecified atom stereocenters. The second-order valence-corrected chi connectivity index (χ2v) is 7.44. The van der Waals surface area contributed by atoms with Crippen molar-refractivity contribution in [2.75, 3.05) is 7.05 Å². The van der Waals surface area contributed by atoms with E-state index in [1.165, 1.54) is 7.05 Å². The number of amides is 1. The zero-order valence-corrected chi connectivity index (χ0v) is 16.7. The van der Waals surface area contributed by atoms with Crippen LogP contribution < -0.4 is 10.8 Å². The lowest BCUT2D eigenvalue weighted by atomic mass is 10.0. The topological polar surface area (TPSA) is 133 Å². The highest BCUT2D eigenvalue weighted by Crippen LogP contribution is 2.15. The number of hydrogen-bond donors (Lipinski definition) is 2. The smallest absolute Gasteiger partial charge is 0.410 e. The fourth-order valence-electron chi connectivity index (χ4n) is 1.84. The molecule has 0 radical (unpaired) electrons. The van der Waals surface area contributed by atoms with Crippen molar-refractivity contribution in [2.45, 2.75) is 71.6 Å². The molecule has 8 heteroatoms. The van der Waals surface area contributed by atoms with Gasteiger partial charge in [0, 0.05) is 25.5 Å². The van der Waals surface area contributed by atoms with E-state index in [1.54, 1.807) is 26.8 Å². The molecule has 0 saturated heterocycles. The Morgan fingerprint density at radius 3 is 2.12 bits per heavy atom. The minimum atomic E-state index is -1.11. The maximum atomic E-state index is 11.7. The number of carbonyl (C=O) groups is 3. The molecule has 0 spiro atoms. The van der Waals surface area contributed by atoms with Crippen LogP contribution in [0.3, 0.4) is 0 Å². The molecular formula is C18H33N2O6-. The van der Waals surface area contributed by atoms with E-state index in [1.807, 2.05) is 13.8 Å². The number of nitrogens with two attached hydrogens (primary N) is 1. The number of rotatable bonds is 8. The average molecular weight is 373 g/mol. The van der Waals surface area contributed by atoms with Gasteiger partial charge < -0.3 is 25.5 Å². The number of aliphatic carboxylic acids is 2. The summed E-state index contributed by atoms with van der Waals surface area (Å²) in [5.41, 5.74) is 4.67. The number of carboxylic acid groups (broad SMARTS) is 2. The summed E-state index contributed by atoms with van der Waals surface area (Å²) < 4.78 is 5.14. The van der Waals surface area contributed by atoms with Gasteiger partial charge >= 0.3 is 12.1 Å². The third kappa shape index (κ3) is 14.3. The van der Waals surface area contributed by atoms with Gasteiger partial charge in [-0.1, -0.05) is 19.9 Å². The molecule has 0 aromatic rings.